The lowest BCUT2D eigenvalue weighted by Crippen LogP contribution is -2.44. The molecular formula is C25H22F3N4O5-. The van der Waals surface area contributed by atoms with E-state index in [1.807, 2.05) is 0 Å². The Bertz CT molecular complexity index is 1740. The van der Waals surface area contributed by atoms with Crippen molar-refractivity contribution in [1.29, 1.82) is 0 Å². The maximum atomic E-state index is 13.4. The molecule has 9 nitrogen and oxygen atoms in total. The van der Waals surface area contributed by atoms with Crippen molar-refractivity contribution in [3.63, 3.8) is 0 Å². The number of fused-ring (bicyclic) bond motifs is 1. The minimum Gasteiger partial charge on any atom is -0.545 e. The van der Waals surface area contributed by atoms with Crippen molar-refractivity contribution in [3.05, 3.63) is 96.2 Å². The highest BCUT2D eigenvalue weighted by molar-refractivity contribution is 5.85. The normalized spacial score (nSPS) is 12.0. The van der Waals surface area contributed by atoms with E-state index in [-0.39, 0.29) is 28.5 Å². The molecule has 0 aliphatic carbocycles. The van der Waals surface area contributed by atoms with Gasteiger partial charge >= 0.3 is 17.6 Å². The number of carbonyl (C=O) groups excluding carboxylic acids is 1. The topological polar surface area (TPSA) is 111 Å². The molecule has 0 unspecified atom stereocenters. The van der Waals surface area contributed by atoms with Crippen molar-refractivity contribution in [2.24, 2.45) is 7.05 Å². The van der Waals surface area contributed by atoms with Crippen LogP contribution in [0.4, 0.5) is 13.2 Å². The number of imidazole rings is 1. The van der Waals surface area contributed by atoms with Crippen LogP contribution >= 0.6 is 0 Å². The highest BCUT2D eigenvalue weighted by Gasteiger charge is 2.33. The molecule has 0 spiro atoms. The van der Waals surface area contributed by atoms with Crippen molar-refractivity contribution in [3.8, 4) is 5.69 Å². The Morgan fingerprint density at radius 2 is 1.70 bits per heavy atom. The van der Waals surface area contributed by atoms with Crippen LogP contribution in [0.2, 0.25) is 0 Å². The minimum absolute atomic E-state index is 0.0169. The van der Waals surface area contributed by atoms with Gasteiger partial charge in [0.15, 0.2) is 0 Å². The zero-order valence-electron chi connectivity index (χ0n) is 20.3. The first-order valence-electron chi connectivity index (χ1n) is 11.2. The van der Waals surface area contributed by atoms with Crippen LogP contribution < -0.4 is 22.0 Å². The van der Waals surface area contributed by atoms with E-state index in [4.69, 9.17) is 0 Å². The van der Waals surface area contributed by atoms with Crippen LogP contribution in [0, 0.1) is 6.92 Å². The number of aryl methyl sites for hydroxylation is 1. The Balaban J connectivity index is 1.98. The third kappa shape index (κ3) is 4.28. The Kier molecular flexibility index (Phi) is 6.22. The molecule has 0 saturated heterocycles. The summed E-state index contributed by atoms with van der Waals surface area (Å²) in [5, 5.41) is 11.7. The monoisotopic (exact) mass is 515 g/mol. The highest BCUT2D eigenvalue weighted by Crippen LogP contribution is 2.33. The van der Waals surface area contributed by atoms with Crippen LogP contribution in [0.25, 0.3) is 16.7 Å². The molecule has 0 N–H and O–H groups in total. The lowest BCUT2D eigenvalue weighted by atomic mass is 10.0. The molecule has 0 atom stereocenters. The number of carboxylic acids is 1. The molecule has 2 heterocycles. The summed E-state index contributed by atoms with van der Waals surface area (Å²) < 4.78 is 44.5. The molecule has 0 aliphatic rings. The number of aromatic nitrogens is 4. The van der Waals surface area contributed by atoms with E-state index in [0.29, 0.717) is 15.6 Å². The van der Waals surface area contributed by atoms with Crippen molar-refractivity contribution >= 4 is 17.0 Å². The van der Waals surface area contributed by atoms with E-state index >= 15 is 0 Å². The maximum Gasteiger partial charge on any atom is 0.416 e. The predicted molar refractivity (Wildman–Crippen MR) is 127 cm³/mol. The fourth-order valence-electron chi connectivity index (χ4n) is 4.40. The third-order valence-electron chi connectivity index (χ3n) is 6.34. The predicted octanol–water partition coefficient (Wildman–Crippen LogP) is 1.97. The SMILES string of the molecule is Cc1c(Cn2c(=O)c(C(=O)[O-])cn(-c3ccc4c(c3)n(C(C)C)c(=O)n4C)c2=O)cccc1C(F)(F)F. The lowest BCUT2D eigenvalue weighted by Gasteiger charge is -2.17. The van der Waals surface area contributed by atoms with Crippen LogP contribution in [0.1, 0.15) is 46.9 Å². The van der Waals surface area contributed by atoms with Crippen LogP contribution in [0.15, 0.2) is 57.0 Å². The molecule has 4 rings (SSSR count). The standard InChI is InChI=1S/C25H23F3N4O5/c1-13(2)32-20-10-16(8-9-19(20)29(4)23(32)36)30-12-17(22(34)35)21(33)31(24(30)37)11-15-6-5-7-18(14(15)3)25(26,27)28/h5-10,12-13H,11H2,1-4H3,(H,34,35)/p-1. The van der Waals surface area contributed by atoms with Gasteiger partial charge in [-0.3, -0.25) is 23.1 Å². The zero-order valence-corrected chi connectivity index (χ0v) is 20.3. The number of halogens is 3. The summed E-state index contributed by atoms with van der Waals surface area (Å²) in [6, 6.07) is 7.65. The molecule has 0 amide bonds. The first-order chi connectivity index (χ1) is 17.2. The molecule has 4 aromatic rings. The summed E-state index contributed by atoms with van der Waals surface area (Å²) >= 11 is 0. The average Bonchev–Trinajstić information content (AvgIpc) is 3.06. The third-order valence-corrected chi connectivity index (χ3v) is 6.34. The molecule has 0 aliphatic heterocycles. The molecule has 12 heteroatoms. The van der Waals surface area contributed by atoms with E-state index in [2.05, 4.69) is 0 Å². The first kappa shape index (κ1) is 25.7. The summed E-state index contributed by atoms with van der Waals surface area (Å²) in [7, 11) is 1.58. The molecule has 0 saturated carbocycles. The molecular weight excluding hydrogens is 493 g/mol. The summed E-state index contributed by atoms with van der Waals surface area (Å²) in [5.41, 5.74) is -3.27. The second-order valence-corrected chi connectivity index (χ2v) is 8.94. The van der Waals surface area contributed by atoms with Crippen molar-refractivity contribution < 1.29 is 23.1 Å². The summed E-state index contributed by atoms with van der Waals surface area (Å²) in [5.74, 6) is -1.85. The second kappa shape index (κ2) is 8.95. The van der Waals surface area contributed by atoms with Gasteiger partial charge in [0.2, 0.25) is 0 Å². The molecule has 0 radical (unpaired) electrons. The van der Waals surface area contributed by atoms with Gasteiger partial charge in [-0.15, -0.1) is 0 Å². The molecule has 0 fully saturated rings. The Labute approximate surface area is 207 Å². The fourth-order valence-corrected chi connectivity index (χ4v) is 4.40. The maximum absolute atomic E-state index is 13.4. The van der Waals surface area contributed by atoms with Crippen molar-refractivity contribution in [1.82, 2.24) is 18.3 Å². The number of rotatable bonds is 5. The number of hydrogen-bond acceptors (Lipinski definition) is 5. The van der Waals surface area contributed by atoms with Crippen LogP contribution in [-0.4, -0.2) is 24.2 Å². The molecule has 2 aromatic carbocycles. The molecule has 194 valence electrons. The van der Waals surface area contributed by atoms with Gasteiger partial charge in [-0.25, -0.2) is 9.59 Å². The Morgan fingerprint density at radius 3 is 2.30 bits per heavy atom. The van der Waals surface area contributed by atoms with Gasteiger partial charge in [0.05, 0.1) is 40.4 Å². The van der Waals surface area contributed by atoms with E-state index in [1.54, 1.807) is 27.0 Å². The van der Waals surface area contributed by atoms with Crippen molar-refractivity contribution in [2.75, 3.05) is 0 Å². The van der Waals surface area contributed by atoms with Gasteiger partial charge in [-0.05, 0) is 56.2 Å². The van der Waals surface area contributed by atoms with E-state index in [9.17, 15) is 37.5 Å². The molecule has 2 aromatic heterocycles. The number of hydrogen-bond donors (Lipinski definition) is 0. The number of nitrogens with zero attached hydrogens (tertiary/aromatic N) is 4. The highest BCUT2D eigenvalue weighted by atomic mass is 19.4. The summed E-state index contributed by atoms with van der Waals surface area (Å²) in [6.45, 7) is 4.20. The van der Waals surface area contributed by atoms with E-state index in [0.717, 1.165) is 22.9 Å². The van der Waals surface area contributed by atoms with Crippen LogP contribution in [0.3, 0.4) is 0 Å². The quantitative estimate of drug-likeness (QED) is 0.404. The average molecular weight is 515 g/mol. The van der Waals surface area contributed by atoms with Crippen LogP contribution in [0.5, 0.6) is 0 Å². The number of carbonyl (C=O) groups is 1. The summed E-state index contributed by atoms with van der Waals surface area (Å²) in [4.78, 5) is 50.7. The fraction of sp³-hybridized carbons (Fsp3) is 0.280. The van der Waals surface area contributed by atoms with Gasteiger partial charge in [0.25, 0.3) is 5.56 Å². The number of aromatic carboxylic acids is 1. The van der Waals surface area contributed by atoms with E-state index in [1.165, 1.54) is 34.3 Å². The van der Waals surface area contributed by atoms with Crippen molar-refractivity contribution in [2.45, 2.75) is 39.5 Å². The second-order valence-electron chi connectivity index (χ2n) is 8.94. The molecule has 37 heavy (non-hydrogen) atoms. The lowest BCUT2D eigenvalue weighted by molar-refractivity contribution is -0.255. The minimum atomic E-state index is -4.66. The van der Waals surface area contributed by atoms with Gasteiger partial charge in [-0.1, -0.05) is 12.1 Å². The number of carboxylic acid groups (broad SMARTS) is 1. The number of alkyl halides is 3. The Morgan fingerprint density at radius 1 is 1.03 bits per heavy atom. The van der Waals surface area contributed by atoms with Crippen LogP contribution in [-0.2, 0) is 19.8 Å². The summed E-state index contributed by atoms with van der Waals surface area (Å²) in [6.07, 6.45) is -3.84. The first-order valence-corrected chi connectivity index (χ1v) is 11.2. The smallest absolute Gasteiger partial charge is 0.416 e. The number of benzene rings is 2. The molecule has 0 bridgehead atoms. The van der Waals surface area contributed by atoms with Gasteiger partial charge < -0.3 is 9.90 Å². The van der Waals surface area contributed by atoms with Gasteiger partial charge in [-0.2, -0.15) is 13.2 Å². The Hall–Kier alpha value is -4.35. The van der Waals surface area contributed by atoms with E-state index < -0.39 is 41.1 Å². The van der Waals surface area contributed by atoms with Gasteiger partial charge in [0, 0.05) is 19.3 Å². The van der Waals surface area contributed by atoms with Gasteiger partial charge in [0.1, 0.15) is 0 Å². The largest absolute Gasteiger partial charge is 0.545 e. The zero-order chi connectivity index (χ0) is 27.4.